The van der Waals surface area contributed by atoms with Gasteiger partial charge in [0.1, 0.15) is 0 Å². The molecule has 94 valence electrons. The zero-order valence-electron chi connectivity index (χ0n) is 10.7. The van der Waals surface area contributed by atoms with Crippen molar-refractivity contribution < 1.29 is 0 Å². The molecule has 0 atom stereocenters. The highest BCUT2D eigenvalue weighted by atomic mass is 15.1. The Morgan fingerprint density at radius 1 is 1.41 bits per heavy atom. The van der Waals surface area contributed by atoms with Crippen molar-refractivity contribution in [2.45, 2.75) is 26.3 Å². The summed E-state index contributed by atoms with van der Waals surface area (Å²) in [5, 5.41) is 3.48. The number of nitrogens with zero attached hydrogens (tertiary/aromatic N) is 2. The molecule has 0 aromatic carbocycles. The summed E-state index contributed by atoms with van der Waals surface area (Å²) in [6.07, 6.45) is 6.47. The highest BCUT2D eigenvalue weighted by Crippen LogP contribution is 2.15. The lowest BCUT2D eigenvalue weighted by atomic mass is 9.99. The summed E-state index contributed by atoms with van der Waals surface area (Å²) in [6, 6.07) is 4.10. The van der Waals surface area contributed by atoms with Gasteiger partial charge < -0.3 is 10.2 Å². The van der Waals surface area contributed by atoms with Crippen molar-refractivity contribution in [2.75, 3.05) is 26.2 Å². The fraction of sp³-hybridized carbons (Fsp3) is 0.643. The second kappa shape index (κ2) is 6.72. The van der Waals surface area contributed by atoms with Crippen molar-refractivity contribution in [1.82, 2.24) is 15.2 Å². The quantitative estimate of drug-likeness (QED) is 0.787. The summed E-state index contributed by atoms with van der Waals surface area (Å²) in [5.74, 6) is 0.926. The zero-order valence-corrected chi connectivity index (χ0v) is 10.7. The molecule has 3 heteroatoms. The molecule has 0 radical (unpaired) electrons. The molecule has 1 aliphatic heterocycles. The maximum atomic E-state index is 4.11. The number of hydrogen-bond donors (Lipinski definition) is 1. The van der Waals surface area contributed by atoms with Crippen LogP contribution in [-0.2, 0) is 6.54 Å². The predicted molar refractivity (Wildman–Crippen MR) is 70.8 cm³/mol. The van der Waals surface area contributed by atoms with Crippen LogP contribution in [0.5, 0.6) is 0 Å². The SMILES string of the molecule is CC1CCN(CCNCc2cccnc2)CC1. The molecule has 1 aliphatic rings. The van der Waals surface area contributed by atoms with Crippen molar-refractivity contribution in [3.05, 3.63) is 30.1 Å². The van der Waals surface area contributed by atoms with Crippen LogP contribution in [0.3, 0.4) is 0 Å². The molecular formula is C14H23N3. The van der Waals surface area contributed by atoms with Gasteiger partial charge in [-0.05, 0) is 43.5 Å². The molecule has 17 heavy (non-hydrogen) atoms. The molecule has 0 saturated carbocycles. The molecule has 1 fully saturated rings. The highest BCUT2D eigenvalue weighted by molar-refractivity contribution is 5.07. The van der Waals surface area contributed by atoms with Crippen LogP contribution in [0, 0.1) is 5.92 Å². The molecule has 1 aromatic heterocycles. The van der Waals surface area contributed by atoms with E-state index in [1.165, 1.54) is 38.0 Å². The minimum Gasteiger partial charge on any atom is -0.311 e. The van der Waals surface area contributed by atoms with E-state index in [4.69, 9.17) is 0 Å². The van der Waals surface area contributed by atoms with Gasteiger partial charge in [0.25, 0.3) is 0 Å². The van der Waals surface area contributed by atoms with Gasteiger partial charge in [-0.2, -0.15) is 0 Å². The molecule has 1 saturated heterocycles. The van der Waals surface area contributed by atoms with Gasteiger partial charge in [0, 0.05) is 32.0 Å². The van der Waals surface area contributed by atoms with Crippen molar-refractivity contribution in [1.29, 1.82) is 0 Å². The second-order valence-electron chi connectivity index (χ2n) is 5.06. The lowest BCUT2D eigenvalue weighted by molar-refractivity contribution is 0.193. The number of pyridine rings is 1. The Bertz CT molecular complexity index is 305. The molecule has 1 N–H and O–H groups in total. The number of piperidine rings is 1. The minimum absolute atomic E-state index is 0.926. The molecule has 0 bridgehead atoms. The number of nitrogens with one attached hydrogen (secondary N) is 1. The van der Waals surface area contributed by atoms with E-state index in [9.17, 15) is 0 Å². The molecular weight excluding hydrogens is 210 g/mol. The summed E-state index contributed by atoms with van der Waals surface area (Å²) in [4.78, 5) is 6.68. The van der Waals surface area contributed by atoms with Gasteiger partial charge in [-0.1, -0.05) is 13.0 Å². The molecule has 0 unspecified atom stereocenters. The predicted octanol–water partition coefficient (Wildman–Crippen LogP) is 1.90. The van der Waals surface area contributed by atoms with Crippen LogP contribution in [-0.4, -0.2) is 36.1 Å². The Morgan fingerprint density at radius 3 is 2.94 bits per heavy atom. The molecule has 3 nitrogen and oxygen atoms in total. The molecule has 0 aliphatic carbocycles. The molecule has 2 heterocycles. The van der Waals surface area contributed by atoms with E-state index in [1.807, 2.05) is 18.5 Å². The average molecular weight is 233 g/mol. The standard InChI is InChI=1S/C14H23N3/c1-13-4-8-17(9-5-13)10-7-16-12-14-3-2-6-15-11-14/h2-3,6,11,13,16H,4-5,7-10,12H2,1H3. The van der Waals surface area contributed by atoms with E-state index >= 15 is 0 Å². The van der Waals surface area contributed by atoms with Crippen LogP contribution in [0.1, 0.15) is 25.3 Å². The topological polar surface area (TPSA) is 28.2 Å². The first-order valence-corrected chi connectivity index (χ1v) is 6.66. The Hall–Kier alpha value is -0.930. The first kappa shape index (κ1) is 12.5. The third-order valence-electron chi connectivity index (χ3n) is 3.53. The monoisotopic (exact) mass is 233 g/mol. The Balaban J connectivity index is 1.57. The van der Waals surface area contributed by atoms with E-state index in [0.717, 1.165) is 19.0 Å². The maximum absolute atomic E-state index is 4.11. The van der Waals surface area contributed by atoms with Crippen molar-refractivity contribution in [3.63, 3.8) is 0 Å². The van der Waals surface area contributed by atoms with E-state index in [-0.39, 0.29) is 0 Å². The van der Waals surface area contributed by atoms with Crippen LogP contribution in [0.25, 0.3) is 0 Å². The zero-order chi connectivity index (χ0) is 11.9. The summed E-state index contributed by atoms with van der Waals surface area (Å²) < 4.78 is 0. The summed E-state index contributed by atoms with van der Waals surface area (Å²) in [5.41, 5.74) is 1.26. The van der Waals surface area contributed by atoms with Crippen LogP contribution in [0.4, 0.5) is 0 Å². The first-order valence-electron chi connectivity index (χ1n) is 6.66. The number of aromatic nitrogens is 1. The lowest BCUT2D eigenvalue weighted by Crippen LogP contribution is -2.37. The molecule has 0 spiro atoms. The molecule has 1 aromatic rings. The van der Waals surface area contributed by atoms with E-state index < -0.39 is 0 Å². The van der Waals surface area contributed by atoms with Crippen LogP contribution in [0.2, 0.25) is 0 Å². The number of rotatable bonds is 5. The summed E-state index contributed by atoms with van der Waals surface area (Å²) in [7, 11) is 0. The maximum Gasteiger partial charge on any atom is 0.0312 e. The molecule has 2 rings (SSSR count). The van der Waals surface area contributed by atoms with E-state index in [1.54, 1.807) is 0 Å². The lowest BCUT2D eigenvalue weighted by Gasteiger charge is -2.30. The second-order valence-corrected chi connectivity index (χ2v) is 5.06. The smallest absolute Gasteiger partial charge is 0.0312 e. The normalized spacial score (nSPS) is 18.4. The summed E-state index contributed by atoms with van der Waals surface area (Å²) >= 11 is 0. The highest BCUT2D eigenvalue weighted by Gasteiger charge is 2.14. The summed E-state index contributed by atoms with van der Waals surface area (Å²) in [6.45, 7) is 8.08. The third kappa shape index (κ3) is 4.44. The van der Waals surface area contributed by atoms with Crippen LogP contribution < -0.4 is 5.32 Å². The van der Waals surface area contributed by atoms with Crippen molar-refractivity contribution in [2.24, 2.45) is 5.92 Å². The Kier molecular flexibility index (Phi) is 4.95. The fourth-order valence-electron chi connectivity index (χ4n) is 2.26. The van der Waals surface area contributed by atoms with Gasteiger partial charge in [-0.3, -0.25) is 4.98 Å². The van der Waals surface area contributed by atoms with Crippen LogP contribution >= 0.6 is 0 Å². The Morgan fingerprint density at radius 2 is 2.24 bits per heavy atom. The third-order valence-corrected chi connectivity index (χ3v) is 3.53. The van der Waals surface area contributed by atoms with E-state index in [0.29, 0.717) is 0 Å². The van der Waals surface area contributed by atoms with Gasteiger partial charge in [0.2, 0.25) is 0 Å². The fourth-order valence-corrected chi connectivity index (χ4v) is 2.26. The van der Waals surface area contributed by atoms with Gasteiger partial charge in [-0.15, -0.1) is 0 Å². The number of hydrogen-bond acceptors (Lipinski definition) is 3. The molecule has 0 amide bonds. The van der Waals surface area contributed by atoms with Crippen molar-refractivity contribution >= 4 is 0 Å². The first-order chi connectivity index (χ1) is 8.34. The Labute approximate surface area is 104 Å². The minimum atomic E-state index is 0.926. The van der Waals surface area contributed by atoms with Gasteiger partial charge in [0.05, 0.1) is 0 Å². The number of likely N-dealkylation sites (tertiary alicyclic amines) is 1. The van der Waals surface area contributed by atoms with E-state index in [2.05, 4.69) is 28.2 Å². The van der Waals surface area contributed by atoms with Gasteiger partial charge in [-0.25, -0.2) is 0 Å². The largest absolute Gasteiger partial charge is 0.311 e. The van der Waals surface area contributed by atoms with Gasteiger partial charge in [0.15, 0.2) is 0 Å². The van der Waals surface area contributed by atoms with Crippen LogP contribution in [0.15, 0.2) is 24.5 Å². The average Bonchev–Trinajstić information content (AvgIpc) is 2.38. The van der Waals surface area contributed by atoms with Crippen molar-refractivity contribution in [3.8, 4) is 0 Å². The van der Waals surface area contributed by atoms with Gasteiger partial charge >= 0.3 is 0 Å².